The molecule has 2 heterocycles. The molecule has 2 aromatic rings. The molecule has 2 N–H and O–H groups in total. The predicted octanol–water partition coefficient (Wildman–Crippen LogP) is 3.04. The number of hydrogen-bond donors (Lipinski definition) is 1. The van der Waals surface area contributed by atoms with Gasteiger partial charge < -0.3 is 10.6 Å². The highest BCUT2D eigenvalue weighted by Gasteiger charge is 2.42. The smallest absolute Gasteiger partial charge is 0.273 e. The van der Waals surface area contributed by atoms with Crippen LogP contribution in [0.15, 0.2) is 35.7 Å². The first-order valence-corrected chi connectivity index (χ1v) is 8.66. The lowest BCUT2D eigenvalue weighted by atomic mass is 9.98. The van der Waals surface area contributed by atoms with Crippen molar-refractivity contribution >= 4 is 29.7 Å². The summed E-state index contributed by atoms with van der Waals surface area (Å²) in [5, 5.41) is 2.78. The van der Waals surface area contributed by atoms with Crippen LogP contribution in [0.1, 0.15) is 23.3 Å². The number of benzene rings is 1. The molecule has 1 aliphatic heterocycles. The molecule has 23 heavy (non-hydrogen) atoms. The van der Waals surface area contributed by atoms with Gasteiger partial charge >= 0.3 is 0 Å². The molecule has 2 fully saturated rings. The van der Waals surface area contributed by atoms with Crippen molar-refractivity contribution < 1.29 is 4.79 Å². The minimum absolute atomic E-state index is 0. The van der Waals surface area contributed by atoms with Gasteiger partial charge in [-0.05, 0) is 24.7 Å². The second-order valence-corrected chi connectivity index (χ2v) is 7.14. The minimum Gasteiger partial charge on any atom is -0.337 e. The summed E-state index contributed by atoms with van der Waals surface area (Å²) in [6.07, 6.45) is 2.26. The van der Waals surface area contributed by atoms with Gasteiger partial charge in [0.15, 0.2) is 0 Å². The van der Waals surface area contributed by atoms with Gasteiger partial charge in [0, 0.05) is 30.1 Å². The van der Waals surface area contributed by atoms with Crippen LogP contribution >= 0.6 is 23.7 Å². The third kappa shape index (κ3) is 3.01. The third-order valence-corrected chi connectivity index (χ3v) is 5.83. The Hall–Kier alpha value is -1.43. The number of thiazole rings is 1. The highest BCUT2D eigenvalue weighted by molar-refractivity contribution is 7.13. The molecule has 2 aliphatic rings. The lowest BCUT2D eigenvalue weighted by Crippen LogP contribution is -2.33. The maximum absolute atomic E-state index is 12.7. The number of likely N-dealkylation sites (tertiary alicyclic amines) is 1. The van der Waals surface area contributed by atoms with Crippen molar-refractivity contribution in [2.45, 2.75) is 18.9 Å². The maximum Gasteiger partial charge on any atom is 0.273 e. The fourth-order valence-corrected chi connectivity index (χ4v) is 4.52. The summed E-state index contributed by atoms with van der Waals surface area (Å²) in [6.45, 7) is 1.64. The first kappa shape index (κ1) is 16.4. The largest absolute Gasteiger partial charge is 0.337 e. The van der Waals surface area contributed by atoms with Gasteiger partial charge in [-0.1, -0.05) is 30.3 Å². The number of fused-ring (bicyclic) bond motifs is 1. The molecular weight excluding hydrogens is 330 g/mol. The van der Waals surface area contributed by atoms with Gasteiger partial charge in [-0.25, -0.2) is 4.98 Å². The molecule has 122 valence electrons. The van der Waals surface area contributed by atoms with Crippen LogP contribution in [0, 0.1) is 11.8 Å². The average molecular weight is 350 g/mol. The molecule has 1 aliphatic carbocycles. The summed E-state index contributed by atoms with van der Waals surface area (Å²) in [6, 6.07) is 10.3. The first-order chi connectivity index (χ1) is 10.7. The minimum atomic E-state index is 0. The normalized spacial score (nSPS) is 26.0. The third-order valence-electron chi connectivity index (χ3n) is 4.94. The molecule has 1 amide bonds. The zero-order chi connectivity index (χ0) is 15.1. The fraction of sp³-hybridized carbons (Fsp3) is 0.412. The van der Waals surface area contributed by atoms with E-state index < -0.39 is 0 Å². The van der Waals surface area contributed by atoms with E-state index in [0.29, 0.717) is 17.5 Å². The fourth-order valence-electron chi connectivity index (χ4n) is 3.72. The standard InChI is InChI=1S/C17H19N3OS.ClH/c18-14-7-6-12-8-20(9-13(12)14)17(21)15-10-22-16(19-15)11-4-2-1-3-5-11;/h1-5,10,12-14H,6-9,18H2;1H. The van der Waals surface area contributed by atoms with Gasteiger partial charge in [-0.15, -0.1) is 23.7 Å². The molecule has 1 aromatic carbocycles. The number of aromatic nitrogens is 1. The van der Waals surface area contributed by atoms with Crippen LogP contribution in [-0.4, -0.2) is 34.9 Å². The molecule has 0 radical (unpaired) electrons. The molecule has 0 bridgehead atoms. The van der Waals surface area contributed by atoms with Gasteiger partial charge in [-0.2, -0.15) is 0 Å². The van der Waals surface area contributed by atoms with Crippen LogP contribution in [0.3, 0.4) is 0 Å². The Kier molecular flexibility index (Phi) is 4.71. The van der Waals surface area contributed by atoms with Crippen molar-refractivity contribution in [3.63, 3.8) is 0 Å². The Bertz CT molecular complexity index is 690. The zero-order valence-electron chi connectivity index (χ0n) is 12.7. The van der Waals surface area contributed by atoms with E-state index in [1.807, 2.05) is 40.6 Å². The Labute approximate surface area is 146 Å². The monoisotopic (exact) mass is 349 g/mol. The van der Waals surface area contributed by atoms with Gasteiger partial charge in [0.05, 0.1) is 0 Å². The van der Waals surface area contributed by atoms with E-state index in [4.69, 9.17) is 5.73 Å². The SMILES string of the molecule is Cl.NC1CCC2CN(C(=O)c3csc(-c4ccccc4)n3)CC12. The van der Waals surface area contributed by atoms with E-state index in [1.165, 1.54) is 11.3 Å². The summed E-state index contributed by atoms with van der Waals surface area (Å²) >= 11 is 1.53. The second kappa shape index (κ2) is 6.59. The van der Waals surface area contributed by atoms with Crippen molar-refractivity contribution in [1.29, 1.82) is 0 Å². The number of amides is 1. The van der Waals surface area contributed by atoms with Crippen LogP contribution in [-0.2, 0) is 0 Å². The lowest BCUT2D eigenvalue weighted by molar-refractivity contribution is 0.0774. The van der Waals surface area contributed by atoms with Crippen LogP contribution < -0.4 is 5.73 Å². The molecule has 3 atom stereocenters. The van der Waals surface area contributed by atoms with Gasteiger partial charge in [0.1, 0.15) is 10.7 Å². The van der Waals surface area contributed by atoms with Crippen molar-refractivity contribution in [3.8, 4) is 10.6 Å². The molecule has 1 saturated carbocycles. The number of carbonyl (C=O) groups is 1. The highest BCUT2D eigenvalue weighted by Crippen LogP contribution is 2.37. The Balaban J connectivity index is 0.00000156. The van der Waals surface area contributed by atoms with Gasteiger partial charge in [0.2, 0.25) is 0 Å². The van der Waals surface area contributed by atoms with E-state index in [0.717, 1.165) is 36.5 Å². The van der Waals surface area contributed by atoms with Crippen LogP contribution in [0.4, 0.5) is 0 Å². The van der Waals surface area contributed by atoms with Crippen molar-refractivity contribution in [2.24, 2.45) is 17.6 Å². The van der Waals surface area contributed by atoms with E-state index in [9.17, 15) is 4.79 Å². The first-order valence-electron chi connectivity index (χ1n) is 7.78. The van der Waals surface area contributed by atoms with Crippen molar-refractivity contribution in [1.82, 2.24) is 9.88 Å². The Morgan fingerprint density at radius 3 is 2.74 bits per heavy atom. The molecule has 4 rings (SSSR count). The predicted molar refractivity (Wildman–Crippen MR) is 94.9 cm³/mol. The van der Waals surface area contributed by atoms with Gasteiger partial charge in [0.25, 0.3) is 5.91 Å². The Morgan fingerprint density at radius 2 is 2.00 bits per heavy atom. The van der Waals surface area contributed by atoms with E-state index in [2.05, 4.69) is 4.98 Å². The molecule has 1 aromatic heterocycles. The number of carbonyl (C=O) groups excluding carboxylic acids is 1. The van der Waals surface area contributed by atoms with Crippen LogP contribution in [0.25, 0.3) is 10.6 Å². The molecule has 0 spiro atoms. The topological polar surface area (TPSA) is 59.2 Å². The molecule has 1 saturated heterocycles. The van der Waals surface area contributed by atoms with E-state index >= 15 is 0 Å². The lowest BCUT2D eigenvalue weighted by Gasteiger charge is -2.17. The van der Waals surface area contributed by atoms with Gasteiger partial charge in [-0.3, -0.25) is 4.79 Å². The number of halogens is 1. The Morgan fingerprint density at radius 1 is 1.22 bits per heavy atom. The summed E-state index contributed by atoms with van der Waals surface area (Å²) in [4.78, 5) is 19.1. The summed E-state index contributed by atoms with van der Waals surface area (Å²) in [5.74, 6) is 1.13. The quantitative estimate of drug-likeness (QED) is 0.906. The molecule has 6 heteroatoms. The van der Waals surface area contributed by atoms with Crippen molar-refractivity contribution in [2.75, 3.05) is 13.1 Å². The van der Waals surface area contributed by atoms with E-state index in [1.54, 1.807) is 0 Å². The number of hydrogen-bond acceptors (Lipinski definition) is 4. The van der Waals surface area contributed by atoms with Crippen molar-refractivity contribution in [3.05, 3.63) is 41.4 Å². The van der Waals surface area contributed by atoms with Crippen LogP contribution in [0.2, 0.25) is 0 Å². The summed E-state index contributed by atoms with van der Waals surface area (Å²) < 4.78 is 0. The number of nitrogens with zero attached hydrogens (tertiary/aromatic N) is 2. The molecule has 4 nitrogen and oxygen atoms in total. The zero-order valence-corrected chi connectivity index (χ0v) is 14.4. The molecular formula is C17H20ClN3OS. The maximum atomic E-state index is 12.7. The average Bonchev–Trinajstić information content (AvgIpc) is 3.25. The summed E-state index contributed by atoms with van der Waals surface area (Å²) in [7, 11) is 0. The molecule has 3 unspecified atom stereocenters. The second-order valence-electron chi connectivity index (χ2n) is 6.28. The number of rotatable bonds is 2. The van der Waals surface area contributed by atoms with Crippen LogP contribution in [0.5, 0.6) is 0 Å². The summed E-state index contributed by atoms with van der Waals surface area (Å²) in [5.41, 5.74) is 7.78. The highest BCUT2D eigenvalue weighted by atomic mass is 35.5. The van der Waals surface area contributed by atoms with E-state index in [-0.39, 0.29) is 24.4 Å². The number of nitrogens with two attached hydrogens (primary N) is 1.